The zero-order chi connectivity index (χ0) is 105. The fourth-order valence-corrected chi connectivity index (χ4v) is 17.1. The van der Waals surface area contributed by atoms with Crippen LogP contribution in [0.15, 0.2) is 310 Å². The van der Waals surface area contributed by atoms with Gasteiger partial charge in [0.15, 0.2) is 0 Å². The van der Waals surface area contributed by atoms with E-state index in [4.69, 9.17) is 58.5 Å². The third-order valence-electron chi connectivity index (χ3n) is 24.8. The van der Waals surface area contributed by atoms with Crippen molar-refractivity contribution in [2.45, 2.75) is 109 Å². The van der Waals surface area contributed by atoms with Crippen molar-refractivity contribution in [2.24, 2.45) is 35.2 Å². The van der Waals surface area contributed by atoms with E-state index in [-0.39, 0.29) is 28.4 Å². The van der Waals surface area contributed by atoms with Crippen LogP contribution < -0.4 is 52.1 Å². The molecule has 149 heavy (non-hydrogen) atoms. The summed E-state index contributed by atoms with van der Waals surface area (Å²) in [5.74, 6) is 3.83. The van der Waals surface area contributed by atoms with Gasteiger partial charge in [-0.1, -0.05) is 151 Å². The van der Waals surface area contributed by atoms with Crippen molar-refractivity contribution in [1.29, 1.82) is 0 Å². The van der Waals surface area contributed by atoms with Crippen LogP contribution in [0.2, 0.25) is 15.1 Å². The van der Waals surface area contributed by atoms with Gasteiger partial charge >= 0.3 is 28.4 Å². The van der Waals surface area contributed by atoms with Gasteiger partial charge in [0.05, 0.1) is 43.5 Å². The molecule has 0 aliphatic heterocycles. The van der Waals surface area contributed by atoms with E-state index in [1.54, 1.807) is 103 Å². The molecular weight excluding hydrogens is 1950 g/mol. The van der Waals surface area contributed by atoms with Gasteiger partial charge in [0.25, 0.3) is 0 Å². The average Bonchev–Trinajstić information content (AvgIpc) is 1.74. The highest BCUT2D eigenvalue weighted by Gasteiger charge is 2.23. The van der Waals surface area contributed by atoms with Crippen molar-refractivity contribution in [3.05, 3.63) is 437 Å². The minimum Gasteiger partial charge on any atom is -0.489 e. The lowest BCUT2D eigenvalue weighted by Gasteiger charge is -2.16. The molecule has 10 aromatic heterocycles. The molecule has 0 atom stereocenters. The van der Waals surface area contributed by atoms with Crippen LogP contribution in [0.3, 0.4) is 0 Å². The zero-order valence-corrected chi connectivity index (χ0v) is 86.5. The molecule has 0 aliphatic carbocycles. The maximum atomic E-state index is 12.4. The van der Waals surface area contributed by atoms with Gasteiger partial charge in [-0.3, -0.25) is 24.9 Å². The van der Waals surface area contributed by atoms with E-state index < -0.39 is 0 Å². The third kappa shape index (κ3) is 24.1. The second-order valence-electron chi connectivity index (χ2n) is 34.9. The maximum Gasteiger partial charge on any atom is 0.368 e. The number of rotatable bonds is 26. The van der Waals surface area contributed by atoms with Gasteiger partial charge in [-0.05, 0) is 320 Å². The smallest absolute Gasteiger partial charge is 0.368 e. The van der Waals surface area contributed by atoms with Crippen molar-refractivity contribution < 1.29 is 23.7 Å². The van der Waals surface area contributed by atoms with Gasteiger partial charge in [0.1, 0.15) is 61.8 Å². The number of halogens is 3. The Morgan fingerprint density at radius 2 is 0.544 bits per heavy atom. The first-order valence-corrected chi connectivity index (χ1v) is 48.3. The molecule has 20 aromatic rings. The third-order valence-corrected chi connectivity index (χ3v) is 25.8. The summed E-state index contributed by atoms with van der Waals surface area (Å²) in [6.07, 6.45) is 16.4. The van der Waals surface area contributed by atoms with Gasteiger partial charge in [-0.2, -0.15) is 46.8 Å². The van der Waals surface area contributed by atoms with E-state index >= 15 is 0 Å². The van der Waals surface area contributed by atoms with Crippen molar-refractivity contribution >= 4 is 34.8 Å². The molecule has 35 nitrogen and oxygen atoms in total. The average molecular weight is 2050 g/mol. The second-order valence-corrected chi connectivity index (χ2v) is 36.1. The Morgan fingerprint density at radius 3 is 0.872 bits per heavy atom. The van der Waals surface area contributed by atoms with Gasteiger partial charge < -0.3 is 23.7 Å². The molecule has 20 rings (SSSR count). The number of aromatic nitrogens is 25. The molecule has 10 heterocycles. The van der Waals surface area contributed by atoms with E-state index in [2.05, 4.69) is 102 Å². The Labute approximate surface area is 871 Å². The molecule has 10 aromatic carbocycles. The van der Waals surface area contributed by atoms with E-state index in [1.807, 2.05) is 263 Å². The number of hydrogen-bond donors (Lipinski definition) is 0. The Kier molecular flexibility index (Phi) is 33.1. The summed E-state index contributed by atoms with van der Waals surface area (Å²) in [5, 5.41) is 40.8. The molecule has 0 aliphatic rings. The van der Waals surface area contributed by atoms with Gasteiger partial charge in [-0.25, -0.2) is 24.0 Å². The van der Waals surface area contributed by atoms with Crippen LogP contribution >= 0.6 is 34.8 Å². The lowest BCUT2D eigenvalue weighted by Crippen LogP contribution is -2.23. The van der Waals surface area contributed by atoms with E-state index in [0.29, 0.717) is 76.5 Å². The quantitative estimate of drug-likeness (QED) is 0.0486. The Hall–Kier alpha value is -17.8. The monoisotopic (exact) mass is 2050 g/mol. The summed E-state index contributed by atoms with van der Waals surface area (Å²) < 4.78 is 43.0. The van der Waals surface area contributed by atoms with Gasteiger partial charge in [-0.15, -0.1) is 0 Å². The Morgan fingerprint density at radius 1 is 0.248 bits per heavy atom. The Balaban J connectivity index is 0.000000133. The zero-order valence-electron chi connectivity index (χ0n) is 84.3. The lowest BCUT2D eigenvalue weighted by molar-refractivity contribution is 0.302. The molecular formula is C111H104Cl3N25O10. The highest BCUT2D eigenvalue weighted by atomic mass is 35.5. The van der Waals surface area contributed by atoms with Crippen LogP contribution in [-0.4, -0.2) is 124 Å². The molecule has 0 fully saturated rings. The van der Waals surface area contributed by atoms with Crippen LogP contribution in [0.1, 0.15) is 90.5 Å². The van der Waals surface area contributed by atoms with E-state index in [9.17, 15) is 24.0 Å². The SMILES string of the molecule is CCc1cccc(-n2nnn(C)c2=O)c1COc1ccc(-c2cnccc2Cl)cc1C.Cc1cc(-c2cccnc2)ccc1OCc1ccccc1-n1nnn(C)c1=O.Cc1cc(-c2cccnc2C)ccc1OCc1c(C)cccc1-n1nnn(C)c1=O.Cc1cc(-c2cnccc2Cl)ccc1OCc1c(C)cccc1-n1nnn(C)c1=O.Cc1cc(-c2cnccc2Cl)ccc1OCc1c(C)cccc1-n1nnn(C)c1=O. The first kappa shape index (κ1) is 104. The first-order valence-electron chi connectivity index (χ1n) is 47.2. The fraction of sp³-hybridized carbons (Fsp3) is 0.189. The molecule has 38 heteroatoms. The second kappa shape index (κ2) is 47.3. The van der Waals surface area contributed by atoms with Crippen molar-refractivity contribution in [1.82, 2.24) is 124 Å². The standard InChI is InChI=1S/C23H22ClN5O2.C23H23N5O2.2C22H20ClN5O2.C21H19N5O2/c1-4-16-6-5-7-21(29-23(30)28(3)26-27-29)19(16)14-31-22-9-8-17(12-15(22)2)18-13-25-11-10-20(18)24;1-15-7-5-9-21(28-23(29)27(4)25-26-28)20(15)14-30-22-11-10-18(13-16(22)2)19-8-6-12-24-17(19)3;2*1-14-5-4-6-20(28-22(29)27(3)25-26-28)18(14)13-30-21-8-7-16(11-15(21)2)17-12-24-10-9-19(17)23;1-15-12-16(17-7-5-11-22-13-17)9-10-20(15)28-14-18-6-3-4-8-19(18)26-21(27)25(2)23-24-26/h5-13H,4,14H2,1-3H3;5-13H,14H2,1-4H3;2*4-12H,13H2,1-3H3;3-13H,14H2,1-2H3. The lowest BCUT2D eigenvalue weighted by atomic mass is 10.0. The number of benzene rings is 10. The highest BCUT2D eigenvalue weighted by molar-refractivity contribution is 6.34. The maximum absolute atomic E-state index is 12.4. The number of nitrogens with zero attached hydrogens (tertiary/aromatic N) is 25. The normalized spacial score (nSPS) is 10.9. The summed E-state index contributed by atoms with van der Waals surface area (Å²) in [6.45, 7) is 21.5. The molecule has 0 saturated heterocycles. The molecule has 0 spiro atoms. The Bertz CT molecular complexity index is 8100. The number of aryl methyl sites for hydroxylation is 15. The summed E-state index contributed by atoms with van der Waals surface area (Å²) in [5.41, 5.74) is 26.2. The van der Waals surface area contributed by atoms with E-state index in [0.717, 1.165) is 174 Å². The van der Waals surface area contributed by atoms with Crippen LogP contribution in [0, 0.1) is 62.3 Å². The van der Waals surface area contributed by atoms with Crippen LogP contribution in [0.5, 0.6) is 28.7 Å². The number of ether oxygens (including phenoxy) is 5. The fourth-order valence-electron chi connectivity index (χ4n) is 16.5. The summed E-state index contributed by atoms with van der Waals surface area (Å²) in [7, 11) is 7.85. The van der Waals surface area contributed by atoms with Crippen LogP contribution in [0.4, 0.5) is 0 Å². The first-order chi connectivity index (χ1) is 72.0. The molecule has 0 unspecified atom stereocenters. The molecule has 0 saturated carbocycles. The van der Waals surface area contributed by atoms with Crippen molar-refractivity contribution in [3.8, 4) is 113 Å². The van der Waals surface area contributed by atoms with Crippen molar-refractivity contribution in [3.63, 3.8) is 0 Å². The predicted molar refractivity (Wildman–Crippen MR) is 570 cm³/mol. The van der Waals surface area contributed by atoms with Crippen LogP contribution in [0.25, 0.3) is 84.1 Å². The molecule has 0 N–H and O–H groups in total. The summed E-state index contributed by atoms with van der Waals surface area (Å²) in [4.78, 5) is 82.5. The minimum atomic E-state index is -0.310. The van der Waals surface area contributed by atoms with Crippen LogP contribution in [-0.2, 0) is 74.7 Å². The molecule has 0 amide bonds. The number of pyridine rings is 5. The van der Waals surface area contributed by atoms with Crippen molar-refractivity contribution in [2.75, 3.05) is 0 Å². The molecule has 0 radical (unpaired) electrons. The van der Waals surface area contributed by atoms with Gasteiger partial charge in [0.2, 0.25) is 0 Å². The number of tetrazole rings is 5. The predicted octanol–water partition coefficient (Wildman–Crippen LogP) is 18.3. The van der Waals surface area contributed by atoms with E-state index in [1.165, 1.54) is 46.8 Å². The van der Waals surface area contributed by atoms with Gasteiger partial charge in [0, 0.05) is 152 Å². The topological polar surface area (TPSA) is 374 Å². The summed E-state index contributed by atoms with van der Waals surface area (Å²) >= 11 is 18.9. The largest absolute Gasteiger partial charge is 0.489 e. The molecule has 754 valence electrons. The highest BCUT2D eigenvalue weighted by Crippen LogP contribution is 2.38. The number of para-hydroxylation sites is 1. The molecule has 0 bridgehead atoms. The minimum absolute atomic E-state index is 0.291. The summed E-state index contributed by atoms with van der Waals surface area (Å²) in [6, 6.07) is 73.5. The number of hydrogen-bond acceptors (Lipinski definition) is 25.